The highest BCUT2D eigenvalue weighted by molar-refractivity contribution is 5.75. The van der Waals surface area contributed by atoms with Crippen molar-refractivity contribution in [2.45, 2.75) is 58.0 Å². The van der Waals surface area contributed by atoms with Gasteiger partial charge in [-0.1, -0.05) is 26.2 Å². The Labute approximate surface area is 116 Å². The molecule has 1 saturated carbocycles. The minimum atomic E-state index is 0.0677. The third kappa shape index (κ3) is 6.07. The van der Waals surface area contributed by atoms with Gasteiger partial charge in [0, 0.05) is 13.6 Å². The van der Waals surface area contributed by atoms with Gasteiger partial charge >= 0.3 is 0 Å². The molecule has 0 aromatic heterocycles. The fourth-order valence-electron chi connectivity index (χ4n) is 2.61. The van der Waals surface area contributed by atoms with Crippen molar-refractivity contribution in [2.24, 2.45) is 5.92 Å². The Hall–Kier alpha value is -1.08. The number of rotatable bonds is 7. The van der Waals surface area contributed by atoms with Crippen LogP contribution in [0.1, 0.15) is 51.9 Å². The van der Waals surface area contributed by atoms with Crippen molar-refractivity contribution in [3.05, 3.63) is 0 Å². The van der Waals surface area contributed by atoms with Gasteiger partial charge in [0.25, 0.3) is 0 Å². The van der Waals surface area contributed by atoms with E-state index in [1.165, 1.54) is 19.3 Å². The van der Waals surface area contributed by atoms with E-state index in [1.807, 2.05) is 6.07 Å². The van der Waals surface area contributed by atoms with Crippen molar-refractivity contribution in [1.29, 1.82) is 5.26 Å². The number of amides is 1. The molecule has 108 valence electrons. The van der Waals surface area contributed by atoms with E-state index in [0.29, 0.717) is 32.1 Å². The zero-order chi connectivity index (χ0) is 14.1. The minimum absolute atomic E-state index is 0.0677. The largest absolute Gasteiger partial charge is 0.378 e. The van der Waals surface area contributed by atoms with Crippen molar-refractivity contribution >= 4 is 5.91 Å². The molecule has 0 aromatic carbocycles. The SMILES string of the molecule is CCC1CCCC(OCCC(=O)N(C)CCC#N)C1. The molecule has 1 amide bonds. The molecule has 0 spiro atoms. The van der Waals surface area contributed by atoms with Crippen LogP contribution in [0.2, 0.25) is 0 Å². The Morgan fingerprint density at radius 2 is 2.26 bits per heavy atom. The first-order valence-corrected chi connectivity index (χ1v) is 7.39. The Morgan fingerprint density at radius 3 is 2.95 bits per heavy atom. The summed E-state index contributed by atoms with van der Waals surface area (Å²) in [5.41, 5.74) is 0. The van der Waals surface area contributed by atoms with Crippen LogP contribution >= 0.6 is 0 Å². The van der Waals surface area contributed by atoms with Crippen molar-refractivity contribution < 1.29 is 9.53 Å². The van der Waals surface area contributed by atoms with Gasteiger partial charge in [0.1, 0.15) is 0 Å². The molecule has 0 aromatic rings. The van der Waals surface area contributed by atoms with Crippen LogP contribution in [0, 0.1) is 17.2 Å². The molecule has 2 atom stereocenters. The summed E-state index contributed by atoms with van der Waals surface area (Å²) in [4.78, 5) is 13.4. The normalized spacial score (nSPS) is 22.8. The van der Waals surface area contributed by atoms with Crippen LogP contribution in [-0.4, -0.2) is 37.1 Å². The lowest BCUT2D eigenvalue weighted by atomic mass is 9.85. The van der Waals surface area contributed by atoms with Crippen LogP contribution in [0.4, 0.5) is 0 Å². The second-order valence-corrected chi connectivity index (χ2v) is 5.41. The van der Waals surface area contributed by atoms with Gasteiger partial charge in [-0.15, -0.1) is 0 Å². The average molecular weight is 266 g/mol. The molecule has 1 aliphatic rings. The minimum Gasteiger partial charge on any atom is -0.378 e. The summed E-state index contributed by atoms with van der Waals surface area (Å²) in [6.45, 7) is 3.26. The van der Waals surface area contributed by atoms with Gasteiger partial charge < -0.3 is 9.64 Å². The summed E-state index contributed by atoms with van der Waals surface area (Å²) < 4.78 is 5.83. The zero-order valence-corrected chi connectivity index (χ0v) is 12.2. The van der Waals surface area contributed by atoms with Gasteiger partial charge in [-0.2, -0.15) is 5.26 Å². The number of hydrogen-bond donors (Lipinski definition) is 0. The number of hydrogen-bond acceptors (Lipinski definition) is 3. The lowest BCUT2D eigenvalue weighted by molar-refractivity contribution is -0.131. The molecule has 19 heavy (non-hydrogen) atoms. The van der Waals surface area contributed by atoms with Crippen LogP contribution in [-0.2, 0) is 9.53 Å². The fourth-order valence-corrected chi connectivity index (χ4v) is 2.61. The van der Waals surface area contributed by atoms with Gasteiger partial charge in [-0.05, 0) is 18.8 Å². The molecular weight excluding hydrogens is 240 g/mol. The summed E-state index contributed by atoms with van der Waals surface area (Å²) in [6, 6.07) is 2.05. The molecule has 1 aliphatic carbocycles. The monoisotopic (exact) mass is 266 g/mol. The van der Waals surface area contributed by atoms with Gasteiger partial charge in [0.15, 0.2) is 0 Å². The predicted molar refractivity (Wildman–Crippen MR) is 74.5 cm³/mol. The maximum atomic E-state index is 11.7. The number of nitrogens with zero attached hydrogens (tertiary/aromatic N) is 2. The molecule has 0 radical (unpaired) electrons. The Kier molecular flexibility index (Phi) is 7.50. The summed E-state index contributed by atoms with van der Waals surface area (Å²) in [5, 5.41) is 8.48. The molecule has 1 fully saturated rings. The van der Waals surface area contributed by atoms with Crippen molar-refractivity contribution in [1.82, 2.24) is 4.90 Å². The number of ether oxygens (including phenoxy) is 1. The van der Waals surface area contributed by atoms with E-state index >= 15 is 0 Å². The molecule has 4 heteroatoms. The van der Waals surface area contributed by atoms with E-state index in [0.717, 1.165) is 18.8 Å². The molecule has 1 rings (SSSR count). The van der Waals surface area contributed by atoms with Crippen molar-refractivity contribution in [2.75, 3.05) is 20.2 Å². The number of nitriles is 1. The maximum Gasteiger partial charge on any atom is 0.224 e. The smallest absolute Gasteiger partial charge is 0.224 e. The van der Waals surface area contributed by atoms with Crippen LogP contribution in [0.5, 0.6) is 0 Å². The van der Waals surface area contributed by atoms with Gasteiger partial charge in [-0.3, -0.25) is 4.79 Å². The molecule has 0 aliphatic heterocycles. The van der Waals surface area contributed by atoms with Crippen LogP contribution in [0.25, 0.3) is 0 Å². The van der Waals surface area contributed by atoms with Crippen LogP contribution < -0.4 is 0 Å². The summed E-state index contributed by atoms with van der Waals surface area (Å²) in [5.74, 6) is 0.867. The van der Waals surface area contributed by atoms with Crippen LogP contribution in [0.3, 0.4) is 0 Å². The third-order valence-electron chi connectivity index (χ3n) is 3.97. The molecule has 4 nitrogen and oxygen atoms in total. The van der Waals surface area contributed by atoms with Crippen molar-refractivity contribution in [3.8, 4) is 6.07 Å². The van der Waals surface area contributed by atoms with Gasteiger partial charge in [-0.25, -0.2) is 0 Å². The van der Waals surface area contributed by atoms with Gasteiger partial charge in [0.2, 0.25) is 5.91 Å². The topological polar surface area (TPSA) is 53.3 Å². The highest BCUT2D eigenvalue weighted by Crippen LogP contribution is 2.28. The highest BCUT2D eigenvalue weighted by Gasteiger charge is 2.21. The van der Waals surface area contributed by atoms with E-state index in [4.69, 9.17) is 10.00 Å². The van der Waals surface area contributed by atoms with Crippen LogP contribution in [0.15, 0.2) is 0 Å². The Morgan fingerprint density at radius 1 is 1.47 bits per heavy atom. The summed E-state index contributed by atoms with van der Waals surface area (Å²) in [6.07, 6.45) is 7.25. The lowest BCUT2D eigenvalue weighted by Crippen LogP contribution is -2.29. The second-order valence-electron chi connectivity index (χ2n) is 5.41. The summed E-state index contributed by atoms with van der Waals surface area (Å²) in [7, 11) is 1.74. The molecule has 0 saturated heterocycles. The van der Waals surface area contributed by atoms with E-state index in [2.05, 4.69) is 6.92 Å². The first-order chi connectivity index (χ1) is 9.17. The standard InChI is InChI=1S/C15H26N2O2/c1-3-13-6-4-7-14(12-13)19-11-8-15(18)17(2)10-5-9-16/h13-14H,3-8,10-12H2,1-2H3. The first kappa shape index (κ1) is 16.0. The fraction of sp³-hybridized carbons (Fsp3) is 0.867. The van der Waals surface area contributed by atoms with E-state index in [9.17, 15) is 4.79 Å². The van der Waals surface area contributed by atoms with Gasteiger partial charge in [0.05, 0.1) is 31.6 Å². The zero-order valence-electron chi connectivity index (χ0n) is 12.2. The van der Waals surface area contributed by atoms with Crippen molar-refractivity contribution in [3.63, 3.8) is 0 Å². The molecule has 0 N–H and O–H groups in total. The molecule has 0 bridgehead atoms. The molecule has 0 heterocycles. The Bertz CT molecular complexity index is 312. The molecule has 2 unspecified atom stereocenters. The highest BCUT2D eigenvalue weighted by atomic mass is 16.5. The average Bonchev–Trinajstić information content (AvgIpc) is 2.44. The Balaban J connectivity index is 2.15. The maximum absolute atomic E-state index is 11.7. The number of carbonyl (C=O) groups is 1. The van der Waals surface area contributed by atoms with E-state index < -0.39 is 0 Å². The molecular formula is C15H26N2O2. The lowest BCUT2D eigenvalue weighted by Gasteiger charge is -2.28. The summed E-state index contributed by atoms with van der Waals surface area (Å²) >= 11 is 0. The quantitative estimate of drug-likeness (QED) is 0.712. The third-order valence-corrected chi connectivity index (χ3v) is 3.97. The van der Waals surface area contributed by atoms with E-state index in [1.54, 1.807) is 11.9 Å². The second kappa shape index (κ2) is 8.92. The van der Waals surface area contributed by atoms with E-state index in [-0.39, 0.29) is 5.91 Å². The predicted octanol–water partition coefficient (Wildman–Crippen LogP) is 2.73. The first-order valence-electron chi connectivity index (χ1n) is 7.39. The number of carbonyl (C=O) groups excluding carboxylic acids is 1.